The standard InChI is InChI=1S/C12H8N2O6/c15-13(16)19-11-8-5-1-3-7-4-2-6-9(10(7)8)12(11)20-14(17)18/h1-6,11-12H. The van der Waals surface area contributed by atoms with Crippen molar-refractivity contribution >= 4 is 10.8 Å². The Hall–Kier alpha value is -2.90. The van der Waals surface area contributed by atoms with Crippen molar-refractivity contribution in [1.29, 1.82) is 0 Å². The van der Waals surface area contributed by atoms with Crippen molar-refractivity contribution in [3.05, 3.63) is 67.8 Å². The molecule has 0 aliphatic heterocycles. The van der Waals surface area contributed by atoms with E-state index in [0.29, 0.717) is 16.5 Å². The van der Waals surface area contributed by atoms with Crippen molar-refractivity contribution in [3.8, 4) is 0 Å². The molecule has 1 aliphatic rings. The Morgan fingerprint density at radius 3 is 1.70 bits per heavy atom. The summed E-state index contributed by atoms with van der Waals surface area (Å²) in [4.78, 5) is 30.4. The van der Waals surface area contributed by atoms with Crippen LogP contribution in [0, 0.1) is 20.2 Å². The fourth-order valence-corrected chi connectivity index (χ4v) is 2.61. The molecule has 2 unspecified atom stereocenters. The van der Waals surface area contributed by atoms with Crippen LogP contribution in [-0.4, -0.2) is 10.2 Å². The van der Waals surface area contributed by atoms with Crippen molar-refractivity contribution in [2.45, 2.75) is 12.2 Å². The minimum Gasteiger partial charge on any atom is -0.303 e. The third-order valence-electron chi connectivity index (χ3n) is 3.26. The smallest absolute Gasteiger partial charge is 0.295 e. The van der Waals surface area contributed by atoms with Gasteiger partial charge in [0, 0.05) is 0 Å². The third kappa shape index (κ3) is 1.78. The molecule has 3 rings (SSSR count). The highest BCUT2D eigenvalue weighted by Gasteiger charge is 2.39. The first-order valence-corrected chi connectivity index (χ1v) is 5.72. The highest BCUT2D eigenvalue weighted by molar-refractivity contribution is 5.91. The first-order valence-electron chi connectivity index (χ1n) is 5.72. The molecule has 0 heterocycles. The normalized spacial score (nSPS) is 19.8. The van der Waals surface area contributed by atoms with Gasteiger partial charge in [-0.3, -0.25) is 0 Å². The lowest BCUT2D eigenvalue weighted by molar-refractivity contribution is -0.802. The van der Waals surface area contributed by atoms with Gasteiger partial charge in [0.05, 0.1) is 0 Å². The van der Waals surface area contributed by atoms with Crippen LogP contribution in [0.15, 0.2) is 36.4 Å². The summed E-state index contributed by atoms with van der Waals surface area (Å²) in [7, 11) is 0. The first-order chi connectivity index (χ1) is 9.58. The molecule has 2 aromatic rings. The zero-order valence-electron chi connectivity index (χ0n) is 9.96. The Morgan fingerprint density at radius 1 is 0.850 bits per heavy atom. The van der Waals surface area contributed by atoms with Crippen LogP contribution in [0.25, 0.3) is 10.8 Å². The second-order valence-electron chi connectivity index (χ2n) is 4.29. The Morgan fingerprint density at radius 2 is 1.30 bits per heavy atom. The van der Waals surface area contributed by atoms with Crippen LogP contribution in [0.4, 0.5) is 0 Å². The van der Waals surface area contributed by atoms with Gasteiger partial charge in [-0.05, 0) is 21.9 Å². The van der Waals surface area contributed by atoms with Crippen molar-refractivity contribution in [2.24, 2.45) is 0 Å². The molecular formula is C12H8N2O6. The van der Waals surface area contributed by atoms with Crippen LogP contribution in [0.1, 0.15) is 23.3 Å². The summed E-state index contributed by atoms with van der Waals surface area (Å²) >= 11 is 0. The van der Waals surface area contributed by atoms with E-state index in [4.69, 9.17) is 0 Å². The van der Waals surface area contributed by atoms with Gasteiger partial charge in [-0.1, -0.05) is 36.4 Å². The lowest BCUT2D eigenvalue weighted by Crippen LogP contribution is -2.18. The maximum atomic E-state index is 10.6. The molecule has 8 heteroatoms. The first kappa shape index (κ1) is 12.2. The molecule has 8 nitrogen and oxygen atoms in total. The van der Waals surface area contributed by atoms with Crippen molar-refractivity contribution < 1.29 is 19.8 Å². The molecule has 0 fully saturated rings. The third-order valence-corrected chi connectivity index (χ3v) is 3.26. The molecule has 0 bridgehead atoms. The molecule has 0 aromatic heterocycles. The predicted molar refractivity (Wildman–Crippen MR) is 65.6 cm³/mol. The van der Waals surface area contributed by atoms with E-state index in [1.165, 1.54) is 0 Å². The van der Waals surface area contributed by atoms with Crippen LogP contribution in [0.3, 0.4) is 0 Å². The van der Waals surface area contributed by atoms with Gasteiger partial charge in [0.1, 0.15) is 0 Å². The highest BCUT2D eigenvalue weighted by atomic mass is 17.0. The number of hydrogen-bond acceptors (Lipinski definition) is 6. The fraction of sp³-hybridized carbons (Fsp3) is 0.167. The monoisotopic (exact) mass is 276 g/mol. The van der Waals surface area contributed by atoms with Gasteiger partial charge < -0.3 is 9.68 Å². The zero-order chi connectivity index (χ0) is 14.3. The molecule has 1 aliphatic carbocycles. The van der Waals surface area contributed by atoms with Crippen molar-refractivity contribution in [2.75, 3.05) is 0 Å². The largest absolute Gasteiger partial charge is 0.303 e. The van der Waals surface area contributed by atoms with Gasteiger partial charge in [0.2, 0.25) is 0 Å². The molecule has 2 aromatic carbocycles. The maximum absolute atomic E-state index is 10.6. The molecule has 102 valence electrons. The molecule has 0 saturated heterocycles. The lowest BCUT2D eigenvalue weighted by Gasteiger charge is -2.17. The molecule has 0 radical (unpaired) electrons. The number of benzene rings is 2. The van der Waals surface area contributed by atoms with E-state index in [-0.39, 0.29) is 0 Å². The van der Waals surface area contributed by atoms with Crippen LogP contribution < -0.4 is 0 Å². The summed E-state index contributed by atoms with van der Waals surface area (Å²) in [5.41, 5.74) is 1.03. The Balaban J connectivity index is 2.17. The van der Waals surface area contributed by atoms with Gasteiger partial charge in [-0.2, -0.15) is 0 Å². The van der Waals surface area contributed by atoms with E-state index in [1.54, 1.807) is 24.3 Å². The Labute approximate surface area is 111 Å². The molecule has 0 amide bonds. The molecule has 0 spiro atoms. The van der Waals surface area contributed by atoms with Crippen LogP contribution in [0.2, 0.25) is 0 Å². The molecular weight excluding hydrogens is 268 g/mol. The van der Waals surface area contributed by atoms with Gasteiger partial charge in [0.15, 0.2) is 12.2 Å². The topological polar surface area (TPSA) is 105 Å². The molecule has 0 saturated carbocycles. The number of hydrogen-bond donors (Lipinski definition) is 0. The highest BCUT2D eigenvalue weighted by Crippen LogP contribution is 2.47. The van der Waals surface area contributed by atoms with Crippen molar-refractivity contribution in [1.82, 2.24) is 0 Å². The van der Waals surface area contributed by atoms with Gasteiger partial charge in [-0.15, -0.1) is 20.2 Å². The summed E-state index contributed by atoms with van der Waals surface area (Å²) in [6, 6.07) is 10.4. The second kappa shape index (κ2) is 4.34. The molecule has 0 N–H and O–H groups in total. The summed E-state index contributed by atoms with van der Waals surface area (Å²) in [5, 5.41) is 20.8. The minimum absolute atomic E-state index is 0.515. The van der Waals surface area contributed by atoms with E-state index in [2.05, 4.69) is 9.68 Å². The van der Waals surface area contributed by atoms with Crippen LogP contribution in [-0.2, 0) is 9.68 Å². The average Bonchev–Trinajstić information content (AvgIpc) is 2.67. The summed E-state index contributed by atoms with van der Waals surface area (Å²) in [6.45, 7) is 0. The summed E-state index contributed by atoms with van der Waals surface area (Å²) < 4.78 is 0. The van der Waals surface area contributed by atoms with Gasteiger partial charge in [-0.25, -0.2) is 0 Å². The van der Waals surface area contributed by atoms with E-state index in [9.17, 15) is 20.2 Å². The molecule has 2 atom stereocenters. The van der Waals surface area contributed by atoms with Crippen LogP contribution in [0.5, 0.6) is 0 Å². The van der Waals surface area contributed by atoms with E-state index >= 15 is 0 Å². The minimum atomic E-state index is -1.14. The van der Waals surface area contributed by atoms with Crippen LogP contribution >= 0.6 is 0 Å². The Kier molecular flexibility index (Phi) is 2.63. The number of rotatable bonds is 4. The quantitative estimate of drug-likeness (QED) is 0.627. The van der Waals surface area contributed by atoms with Gasteiger partial charge in [0.25, 0.3) is 10.2 Å². The van der Waals surface area contributed by atoms with Crippen molar-refractivity contribution in [3.63, 3.8) is 0 Å². The SMILES string of the molecule is O=[N+]([O-])OC1c2cccc3cccc(c23)C1O[N+](=O)[O-]. The molecule has 20 heavy (non-hydrogen) atoms. The fourth-order valence-electron chi connectivity index (χ4n) is 2.61. The number of nitrogens with zero attached hydrogens (tertiary/aromatic N) is 2. The second-order valence-corrected chi connectivity index (χ2v) is 4.29. The van der Waals surface area contributed by atoms with E-state index in [1.807, 2.05) is 12.1 Å². The summed E-state index contributed by atoms with van der Waals surface area (Å²) in [5.74, 6) is 0. The van der Waals surface area contributed by atoms with Gasteiger partial charge >= 0.3 is 0 Å². The average molecular weight is 276 g/mol. The van der Waals surface area contributed by atoms with E-state index in [0.717, 1.165) is 5.39 Å². The maximum Gasteiger partial charge on any atom is 0.295 e. The Bertz CT molecular complexity index is 659. The zero-order valence-corrected chi connectivity index (χ0v) is 9.96. The van der Waals surface area contributed by atoms with E-state index < -0.39 is 22.4 Å². The predicted octanol–water partition coefficient (Wildman–Crippen LogP) is 2.35. The summed E-state index contributed by atoms with van der Waals surface area (Å²) in [6.07, 6.45) is -2.28. The lowest BCUT2D eigenvalue weighted by atomic mass is 10.1.